The van der Waals surface area contributed by atoms with Crippen LogP contribution in [0.15, 0.2) is 38.6 Å². The first-order valence-electron chi connectivity index (χ1n) is 6.44. The van der Waals surface area contributed by atoms with Crippen molar-refractivity contribution in [3.8, 4) is 0 Å². The number of benzene rings is 1. The van der Waals surface area contributed by atoms with E-state index in [1.165, 1.54) is 12.0 Å². The van der Waals surface area contributed by atoms with Crippen LogP contribution in [0.4, 0.5) is 5.69 Å². The van der Waals surface area contributed by atoms with E-state index in [-0.39, 0.29) is 12.0 Å². The van der Waals surface area contributed by atoms with Crippen molar-refractivity contribution in [2.45, 2.75) is 19.4 Å². The van der Waals surface area contributed by atoms with Crippen molar-refractivity contribution in [3.63, 3.8) is 0 Å². The highest BCUT2D eigenvalue weighted by Gasteiger charge is 2.19. The molecule has 112 valence electrons. The van der Waals surface area contributed by atoms with Crippen LogP contribution in [0.25, 0.3) is 0 Å². The SMILES string of the molecule is CCC(Nc1c(Br)cc(Br)cc1C(=O)OC)c1cccs1. The first-order valence-corrected chi connectivity index (χ1v) is 8.90. The number of ether oxygens (including phenoxy) is 1. The topological polar surface area (TPSA) is 38.3 Å². The number of hydrogen-bond donors (Lipinski definition) is 1. The number of esters is 1. The van der Waals surface area contributed by atoms with Gasteiger partial charge in [-0.2, -0.15) is 0 Å². The first kappa shape index (κ1) is 16.5. The minimum absolute atomic E-state index is 0.158. The lowest BCUT2D eigenvalue weighted by molar-refractivity contribution is 0.0601. The molecule has 0 saturated heterocycles. The highest BCUT2D eigenvalue weighted by atomic mass is 79.9. The van der Waals surface area contributed by atoms with Gasteiger partial charge in [-0.3, -0.25) is 0 Å². The third kappa shape index (κ3) is 3.87. The third-order valence-corrected chi connectivity index (χ3v) is 5.14. The number of thiophene rings is 1. The highest BCUT2D eigenvalue weighted by Crippen LogP contribution is 2.35. The summed E-state index contributed by atoms with van der Waals surface area (Å²) in [5, 5.41) is 5.51. The van der Waals surface area contributed by atoms with Crippen molar-refractivity contribution >= 4 is 54.9 Å². The minimum Gasteiger partial charge on any atom is -0.465 e. The average molecular weight is 433 g/mol. The van der Waals surface area contributed by atoms with E-state index in [2.05, 4.69) is 55.5 Å². The second kappa shape index (κ2) is 7.42. The number of rotatable bonds is 5. The predicted molar refractivity (Wildman–Crippen MR) is 94.2 cm³/mol. The molecule has 1 unspecified atom stereocenters. The molecular formula is C15H15Br2NO2S. The van der Waals surface area contributed by atoms with E-state index in [4.69, 9.17) is 4.74 Å². The lowest BCUT2D eigenvalue weighted by atomic mass is 10.1. The van der Waals surface area contributed by atoms with E-state index >= 15 is 0 Å². The van der Waals surface area contributed by atoms with Crippen LogP contribution in [0.1, 0.15) is 34.6 Å². The summed E-state index contributed by atoms with van der Waals surface area (Å²) in [5.41, 5.74) is 1.26. The molecule has 1 aromatic carbocycles. The maximum atomic E-state index is 12.0. The van der Waals surface area contributed by atoms with Gasteiger partial charge in [-0.25, -0.2) is 4.79 Å². The molecule has 0 fully saturated rings. The predicted octanol–water partition coefficient (Wildman–Crippen LogP) is 5.62. The molecule has 0 amide bonds. The molecule has 2 rings (SSSR count). The molecule has 0 spiro atoms. The lowest BCUT2D eigenvalue weighted by Gasteiger charge is -2.20. The number of halogens is 2. The van der Waals surface area contributed by atoms with Gasteiger partial charge in [-0.05, 0) is 45.9 Å². The van der Waals surface area contributed by atoms with Gasteiger partial charge >= 0.3 is 5.97 Å². The molecule has 3 nitrogen and oxygen atoms in total. The normalized spacial score (nSPS) is 12.0. The summed E-state index contributed by atoms with van der Waals surface area (Å²) in [6.45, 7) is 2.11. The maximum absolute atomic E-state index is 12.0. The van der Waals surface area contributed by atoms with Crippen LogP contribution >= 0.6 is 43.2 Å². The molecule has 0 radical (unpaired) electrons. The van der Waals surface area contributed by atoms with Crippen LogP contribution in [-0.4, -0.2) is 13.1 Å². The van der Waals surface area contributed by atoms with Crippen LogP contribution in [-0.2, 0) is 4.74 Å². The molecule has 6 heteroatoms. The van der Waals surface area contributed by atoms with Gasteiger partial charge in [0.1, 0.15) is 0 Å². The average Bonchev–Trinajstić information content (AvgIpc) is 2.99. The van der Waals surface area contributed by atoms with E-state index < -0.39 is 0 Å². The molecule has 0 aliphatic heterocycles. The van der Waals surface area contributed by atoms with Gasteiger partial charge in [0.25, 0.3) is 0 Å². The lowest BCUT2D eigenvalue weighted by Crippen LogP contribution is -2.13. The number of hydrogen-bond acceptors (Lipinski definition) is 4. The highest BCUT2D eigenvalue weighted by molar-refractivity contribution is 9.11. The Balaban J connectivity index is 2.40. The zero-order valence-electron chi connectivity index (χ0n) is 11.7. The van der Waals surface area contributed by atoms with E-state index in [0.717, 1.165) is 21.1 Å². The zero-order chi connectivity index (χ0) is 15.4. The Morgan fingerprint density at radius 3 is 2.76 bits per heavy atom. The van der Waals surface area contributed by atoms with Crippen molar-refractivity contribution < 1.29 is 9.53 Å². The number of carbonyl (C=O) groups is 1. The summed E-state index contributed by atoms with van der Waals surface area (Å²) in [5.74, 6) is -0.361. The molecule has 21 heavy (non-hydrogen) atoms. The molecule has 0 saturated carbocycles. The van der Waals surface area contributed by atoms with Crippen molar-refractivity contribution in [2.24, 2.45) is 0 Å². The Kier molecular flexibility index (Phi) is 5.84. The zero-order valence-corrected chi connectivity index (χ0v) is 15.6. The van der Waals surface area contributed by atoms with Crippen LogP contribution in [0.5, 0.6) is 0 Å². The van der Waals surface area contributed by atoms with Crippen molar-refractivity contribution in [1.29, 1.82) is 0 Å². The van der Waals surface area contributed by atoms with Gasteiger partial charge < -0.3 is 10.1 Å². The molecule has 0 aliphatic rings. The fourth-order valence-electron chi connectivity index (χ4n) is 2.03. The summed E-state index contributed by atoms with van der Waals surface area (Å²) in [4.78, 5) is 13.2. The standard InChI is InChI=1S/C15H15Br2NO2S/c1-3-12(13-5-4-6-21-13)18-14-10(15(19)20-2)7-9(16)8-11(14)17/h4-8,12,18H,3H2,1-2H3. The summed E-state index contributed by atoms with van der Waals surface area (Å²) >= 11 is 8.62. The van der Waals surface area contributed by atoms with Crippen molar-refractivity contribution in [3.05, 3.63) is 49.0 Å². The fraction of sp³-hybridized carbons (Fsp3) is 0.267. The maximum Gasteiger partial charge on any atom is 0.340 e. The Morgan fingerprint density at radius 2 is 2.19 bits per heavy atom. The Labute approximate surface area is 145 Å². The van der Waals surface area contributed by atoms with Gasteiger partial charge in [0, 0.05) is 13.8 Å². The van der Waals surface area contributed by atoms with E-state index in [1.54, 1.807) is 17.4 Å². The van der Waals surface area contributed by atoms with E-state index in [1.807, 2.05) is 12.1 Å². The molecule has 1 aromatic heterocycles. The van der Waals surface area contributed by atoms with Crippen molar-refractivity contribution in [2.75, 3.05) is 12.4 Å². The molecule has 1 atom stereocenters. The minimum atomic E-state index is -0.361. The van der Waals surface area contributed by atoms with Crippen LogP contribution < -0.4 is 5.32 Å². The number of methoxy groups -OCH3 is 1. The number of carbonyl (C=O) groups excluding carboxylic acids is 1. The van der Waals surface area contributed by atoms with Crippen LogP contribution in [0, 0.1) is 0 Å². The van der Waals surface area contributed by atoms with Gasteiger partial charge in [0.15, 0.2) is 0 Å². The molecule has 1 heterocycles. The molecule has 0 aliphatic carbocycles. The van der Waals surface area contributed by atoms with Gasteiger partial charge in [-0.1, -0.05) is 28.9 Å². The second-order valence-electron chi connectivity index (χ2n) is 4.42. The number of anilines is 1. The van der Waals surface area contributed by atoms with Gasteiger partial charge in [-0.15, -0.1) is 11.3 Å². The Morgan fingerprint density at radius 1 is 1.43 bits per heavy atom. The monoisotopic (exact) mass is 431 g/mol. The second-order valence-corrected chi connectivity index (χ2v) is 7.17. The Hall–Kier alpha value is -0.850. The van der Waals surface area contributed by atoms with Gasteiger partial charge in [0.05, 0.1) is 24.4 Å². The van der Waals surface area contributed by atoms with Crippen molar-refractivity contribution in [1.82, 2.24) is 0 Å². The molecule has 1 N–H and O–H groups in total. The molecule has 0 bridgehead atoms. The smallest absolute Gasteiger partial charge is 0.340 e. The summed E-state index contributed by atoms with van der Waals surface area (Å²) < 4.78 is 6.52. The van der Waals surface area contributed by atoms with Gasteiger partial charge in [0.2, 0.25) is 0 Å². The molecular weight excluding hydrogens is 418 g/mol. The summed E-state index contributed by atoms with van der Waals surface area (Å²) in [6, 6.07) is 7.96. The quantitative estimate of drug-likeness (QED) is 0.622. The molecule has 2 aromatic rings. The van der Waals surface area contributed by atoms with Crippen LogP contribution in [0.3, 0.4) is 0 Å². The summed E-state index contributed by atoms with van der Waals surface area (Å²) in [7, 11) is 1.39. The van der Waals surface area contributed by atoms with E-state index in [9.17, 15) is 4.79 Å². The van der Waals surface area contributed by atoms with Crippen LogP contribution in [0.2, 0.25) is 0 Å². The number of nitrogens with one attached hydrogen (secondary N) is 1. The van der Waals surface area contributed by atoms with E-state index in [0.29, 0.717) is 5.56 Å². The fourth-order valence-corrected chi connectivity index (χ4v) is 4.23. The summed E-state index contributed by atoms with van der Waals surface area (Å²) in [6.07, 6.45) is 0.920. The largest absolute Gasteiger partial charge is 0.465 e. The first-order chi connectivity index (χ1) is 10.1. The third-order valence-electron chi connectivity index (χ3n) is 3.07. The Bertz CT molecular complexity index is 629.